The number of aliphatic hydroxyl groups is 2. The first-order valence-electron chi connectivity index (χ1n) is 11.7. The largest absolute Gasteiger partial charge is 0.394 e. The van der Waals surface area contributed by atoms with Gasteiger partial charge in [0.05, 0.1) is 31.1 Å². The number of halogens is 2. The first kappa shape index (κ1) is 26.0. The fraction of sp³-hybridized carbons (Fsp3) is 0.214. The maximum absolute atomic E-state index is 14.4. The number of rotatable bonds is 10. The van der Waals surface area contributed by atoms with Crippen LogP contribution in [-0.4, -0.2) is 53.8 Å². The Bertz CT molecular complexity index is 1450. The lowest BCUT2D eigenvalue weighted by atomic mass is 9.96. The number of nitrogens with zero attached hydrogens (tertiary/aromatic N) is 5. The minimum atomic E-state index is -1.26. The molecule has 0 aliphatic carbocycles. The van der Waals surface area contributed by atoms with Crippen molar-refractivity contribution < 1.29 is 19.0 Å². The molecular weight excluding hydrogens is 476 g/mol. The molecular formula is C28H27F2N5O2. The molecule has 9 heteroatoms. The summed E-state index contributed by atoms with van der Waals surface area (Å²) in [6, 6.07) is 7.52. The fourth-order valence-corrected chi connectivity index (χ4v) is 3.84. The molecule has 3 atom stereocenters. The topological polar surface area (TPSA) is 97.0 Å². The van der Waals surface area contributed by atoms with Crippen LogP contribution >= 0.6 is 0 Å². The van der Waals surface area contributed by atoms with E-state index in [2.05, 4.69) is 26.6 Å². The second-order valence-electron chi connectivity index (χ2n) is 8.57. The van der Waals surface area contributed by atoms with Gasteiger partial charge in [0.25, 0.3) is 0 Å². The van der Waals surface area contributed by atoms with E-state index in [-0.39, 0.29) is 13.2 Å². The normalized spacial score (nSPS) is 14.7. The second kappa shape index (κ2) is 11.8. The Hall–Kier alpha value is -4.08. The van der Waals surface area contributed by atoms with Crippen molar-refractivity contribution in [3.05, 3.63) is 97.7 Å². The summed E-state index contributed by atoms with van der Waals surface area (Å²) in [4.78, 5) is 13.4. The molecule has 37 heavy (non-hydrogen) atoms. The molecule has 4 aromatic rings. The summed E-state index contributed by atoms with van der Waals surface area (Å²) in [5.74, 6) is -1.16. The van der Waals surface area contributed by atoms with Crippen LogP contribution in [0.15, 0.2) is 92.0 Å². The average molecular weight is 504 g/mol. The maximum atomic E-state index is 14.4. The predicted octanol–water partition coefficient (Wildman–Crippen LogP) is 4.95. The third-order valence-electron chi connectivity index (χ3n) is 5.68. The Kier molecular flexibility index (Phi) is 8.27. The molecule has 4 heterocycles. The second-order valence-corrected chi connectivity index (χ2v) is 8.57. The van der Waals surface area contributed by atoms with Crippen LogP contribution in [0, 0.1) is 0 Å². The van der Waals surface area contributed by atoms with Gasteiger partial charge in [0.1, 0.15) is 12.0 Å². The highest BCUT2D eigenvalue weighted by molar-refractivity contribution is 5.93. The smallest absolute Gasteiger partial charge is 0.160 e. The lowest BCUT2D eigenvalue weighted by molar-refractivity contribution is 0.0783. The third kappa shape index (κ3) is 6.38. The monoisotopic (exact) mass is 503 g/mol. The molecule has 7 nitrogen and oxygen atoms in total. The number of alkyl halides is 1. The molecule has 0 bridgehead atoms. The van der Waals surface area contributed by atoms with E-state index < -0.39 is 24.0 Å². The van der Waals surface area contributed by atoms with Crippen LogP contribution in [0.5, 0.6) is 0 Å². The molecule has 0 saturated heterocycles. The van der Waals surface area contributed by atoms with Crippen molar-refractivity contribution in [2.75, 3.05) is 6.61 Å². The van der Waals surface area contributed by atoms with Crippen molar-refractivity contribution >= 4 is 11.0 Å². The zero-order chi connectivity index (χ0) is 26.4. The first-order valence-corrected chi connectivity index (χ1v) is 11.7. The van der Waals surface area contributed by atoms with E-state index >= 15 is 0 Å². The molecule has 0 amide bonds. The summed E-state index contributed by atoms with van der Waals surface area (Å²) in [5.41, 5.74) is 4.21. The number of aliphatic hydroxyl groups excluding tert-OH is 2. The molecule has 0 radical (unpaired) electrons. The Morgan fingerprint density at radius 1 is 1.19 bits per heavy atom. The zero-order valence-electron chi connectivity index (χ0n) is 20.2. The molecule has 3 unspecified atom stereocenters. The van der Waals surface area contributed by atoms with Gasteiger partial charge in [0.15, 0.2) is 5.65 Å². The van der Waals surface area contributed by atoms with E-state index in [1.165, 1.54) is 13.0 Å². The third-order valence-corrected chi connectivity index (χ3v) is 5.68. The van der Waals surface area contributed by atoms with Crippen molar-refractivity contribution in [3.63, 3.8) is 0 Å². The van der Waals surface area contributed by atoms with E-state index in [1.54, 1.807) is 41.7 Å². The van der Waals surface area contributed by atoms with Gasteiger partial charge in [-0.15, -0.1) is 6.58 Å². The van der Waals surface area contributed by atoms with E-state index in [9.17, 15) is 13.9 Å². The number of hydrogen-bond acceptors (Lipinski definition) is 6. The Morgan fingerprint density at radius 2 is 2.00 bits per heavy atom. The molecule has 0 aromatic carbocycles. The lowest BCUT2D eigenvalue weighted by Crippen LogP contribution is -2.19. The van der Waals surface area contributed by atoms with Gasteiger partial charge in [-0.2, -0.15) is 5.10 Å². The van der Waals surface area contributed by atoms with Gasteiger partial charge in [0.2, 0.25) is 0 Å². The molecule has 4 rings (SSSR count). The molecule has 0 aliphatic rings. The van der Waals surface area contributed by atoms with Gasteiger partial charge in [-0.25, -0.2) is 18.7 Å². The van der Waals surface area contributed by atoms with Gasteiger partial charge in [-0.3, -0.25) is 9.67 Å². The van der Waals surface area contributed by atoms with Gasteiger partial charge in [-0.1, -0.05) is 6.08 Å². The minimum absolute atomic E-state index is 0.167. The Balaban J connectivity index is 1.76. The summed E-state index contributed by atoms with van der Waals surface area (Å²) in [6.07, 6.45) is 11.5. The van der Waals surface area contributed by atoms with Crippen molar-refractivity contribution in [2.24, 2.45) is 0 Å². The SMILES string of the molecule is C=CC(/C=C(F)\C=C/C(C)F)c1cc(-c2cncc(-c3cnn(CC(O)CO)c3)c2)c2cccnc2n1. The van der Waals surface area contributed by atoms with Crippen LogP contribution in [0.3, 0.4) is 0 Å². The average Bonchev–Trinajstić information content (AvgIpc) is 3.38. The lowest BCUT2D eigenvalue weighted by Gasteiger charge is -2.13. The van der Waals surface area contributed by atoms with Gasteiger partial charge < -0.3 is 10.2 Å². The van der Waals surface area contributed by atoms with E-state index in [4.69, 9.17) is 5.11 Å². The number of fused-ring (bicyclic) bond motifs is 1. The van der Waals surface area contributed by atoms with Gasteiger partial charge >= 0.3 is 0 Å². The van der Waals surface area contributed by atoms with Crippen LogP contribution in [0.1, 0.15) is 18.5 Å². The molecule has 0 aliphatic heterocycles. The van der Waals surface area contributed by atoms with Crippen LogP contribution < -0.4 is 0 Å². The molecule has 4 aromatic heterocycles. The zero-order valence-corrected chi connectivity index (χ0v) is 20.2. The number of pyridine rings is 3. The molecule has 0 saturated carbocycles. The summed E-state index contributed by atoms with van der Waals surface area (Å²) < 4.78 is 29.1. The molecule has 0 fully saturated rings. The van der Waals surface area contributed by atoms with Gasteiger partial charge in [-0.05, 0) is 55.0 Å². The van der Waals surface area contributed by atoms with Crippen LogP contribution in [0.25, 0.3) is 33.3 Å². The van der Waals surface area contributed by atoms with Crippen LogP contribution in [0.2, 0.25) is 0 Å². The highest BCUT2D eigenvalue weighted by Gasteiger charge is 2.15. The molecule has 190 valence electrons. The number of aromatic nitrogens is 5. The standard InChI is InChI=1S/C28H27F2N5O2/c1-3-19(10-23(30)7-6-18(2)29)27-11-26(25-5-4-8-32-28(25)34-27)21-9-20(12-31-13-21)22-14-33-35(15-22)16-24(37)17-36/h3-15,18-19,24,36-37H,1,16-17H2,2H3/b7-6-,23-10+. The Morgan fingerprint density at radius 3 is 2.76 bits per heavy atom. The molecule has 2 N–H and O–H groups in total. The van der Waals surface area contributed by atoms with Crippen LogP contribution in [0.4, 0.5) is 8.78 Å². The summed E-state index contributed by atoms with van der Waals surface area (Å²) >= 11 is 0. The number of hydrogen-bond donors (Lipinski definition) is 2. The van der Waals surface area contributed by atoms with E-state index in [0.29, 0.717) is 11.3 Å². The van der Waals surface area contributed by atoms with Crippen LogP contribution in [-0.2, 0) is 6.54 Å². The van der Waals surface area contributed by atoms with Crippen molar-refractivity contribution in [1.82, 2.24) is 24.7 Å². The summed E-state index contributed by atoms with van der Waals surface area (Å²) in [5, 5.41) is 23.8. The highest BCUT2D eigenvalue weighted by atomic mass is 19.1. The summed E-state index contributed by atoms with van der Waals surface area (Å²) in [7, 11) is 0. The van der Waals surface area contributed by atoms with Crippen molar-refractivity contribution in [1.29, 1.82) is 0 Å². The predicted molar refractivity (Wildman–Crippen MR) is 139 cm³/mol. The Labute approximate surface area is 213 Å². The maximum Gasteiger partial charge on any atom is 0.160 e. The molecule has 0 spiro atoms. The van der Waals surface area contributed by atoms with Crippen molar-refractivity contribution in [3.8, 4) is 22.3 Å². The first-order chi connectivity index (χ1) is 17.9. The van der Waals surface area contributed by atoms with Crippen molar-refractivity contribution in [2.45, 2.75) is 31.7 Å². The highest BCUT2D eigenvalue weighted by Crippen LogP contribution is 2.33. The van der Waals surface area contributed by atoms with E-state index in [1.807, 2.05) is 24.3 Å². The number of allylic oxidation sites excluding steroid dienone is 5. The van der Waals surface area contributed by atoms with E-state index in [0.717, 1.165) is 39.8 Å². The quantitative estimate of drug-likeness (QED) is 0.235. The van der Waals surface area contributed by atoms with Gasteiger partial charge in [0, 0.05) is 52.8 Å². The fourth-order valence-electron chi connectivity index (χ4n) is 3.84. The minimum Gasteiger partial charge on any atom is -0.394 e. The summed E-state index contributed by atoms with van der Waals surface area (Å²) in [6.45, 7) is 4.96.